The predicted octanol–water partition coefficient (Wildman–Crippen LogP) is 3.04. The van der Waals surface area contributed by atoms with E-state index in [1.54, 1.807) is 17.7 Å². The largest absolute Gasteiger partial charge is 0.480 e. The van der Waals surface area contributed by atoms with Gasteiger partial charge in [-0.25, -0.2) is 0 Å². The van der Waals surface area contributed by atoms with E-state index < -0.39 is 5.97 Å². The van der Waals surface area contributed by atoms with E-state index in [0.29, 0.717) is 0 Å². The smallest absolute Gasteiger partial charge is 0.317 e. The van der Waals surface area contributed by atoms with Crippen molar-refractivity contribution in [2.24, 2.45) is 0 Å². The lowest BCUT2D eigenvalue weighted by molar-refractivity contribution is -0.136. The van der Waals surface area contributed by atoms with Gasteiger partial charge in [-0.15, -0.1) is 0 Å². The highest BCUT2D eigenvalue weighted by molar-refractivity contribution is 8.76. The number of hydrogen-bond acceptors (Lipinski definition) is 3. The Morgan fingerprint density at radius 1 is 1.43 bits per heavy atom. The van der Waals surface area contributed by atoms with Crippen LogP contribution in [0.3, 0.4) is 0 Å². The Labute approximate surface area is 91.5 Å². The maximum Gasteiger partial charge on any atom is 0.317 e. The van der Waals surface area contributed by atoms with Crippen LogP contribution >= 0.6 is 21.6 Å². The molecule has 0 saturated heterocycles. The summed E-state index contributed by atoms with van der Waals surface area (Å²) in [6.45, 7) is 1.70. The van der Waals surface area contributed by atoms with Gasteiger partial charge in [-0.3, -0.25) is 4.79 Å². The summed E-state index contributed by atoms with van der Waals surface area (Å²) in [6.07, 6.45) is 0. The normalized spacial score (nSPS) is 12.4. The van der Waals surface area contributed by atoms with E-state index in [2.05, 4.69) is 0 Å². The molecule has 2 nitrogen and oxygen atoms in total. The van der Waals surface area contributed by atoms with Crippen molar-refractivity contribution in [2.45, 2.75) is 17.9 Å². The molecule has 0 spiro atoms. The minimum Gasteiger partial charge on any atom is -0.480 e. The van der Waals surface area contributed by atoms with Crippen LogP contribution in [0.4, 0.5) is 0 Å². The van der Waals surface area contributed by atoms with Gasteiger partial charge in [-0.2, -0.15) is 0 Å². The summed E-state index contributed by atoms with van der Waals surface area (Å²) in [5.41, 5.74) is 1.22. The van der Waals surface area contributed by atoms with E-state index in [-0.39, 0.29) is 5.25 Å². The first-order valence-corrected chi connectivity index (χ1v) is 6.63. The van der Waals surface area contributed by atoms with Crippen molar-refractivity contribution >= 4 is 27.6 Å². The molecule has 0 saturated carbocycles. The average molecular weight is 228 g/mol. The predicted molar refractivity (Wildman–Crippen MR) is 62.4 cm³/mol. The summed E-state index contributed by atoms with van der Waals surface area (Å²) in [4.78, 5) is 10.5. The zero-order valence-corrected chi connectivity index (χ0v) is 9.48. The van der Waals surface area contributed by atoms with Gasteiger partial charge in [-0.05, 0) is 12.5 Å². The molecule has 0 aliphatic heterocycles. The van der Waals surface area contributed by atoms with Gasteiger partial charge < -0.3 is 5.11 Å². The first kappa shape index (κ1) is 11.5. The number of carbonyl (C=O) groups is 1. The highest BCUT2D eigenvalue weighted by Crippen LogP contribution is 2.29. The second kappa shape index (κ2) is 5.98. The molecule has 0 fully saturated rings. The first-order chi connectivity index (χ1) is 6.70. The third-order valence-electron chi connectivity index (χ3n) is 1.63. The highest BCUT2D eigenvalue weighted by atomic mass is 33.1. The second-order valence-electron chi connectivity index (χ2n) is 2.82. The van der Waals surface area contributed by atoms with Crippen molar-refractivity contribution in [1.82, 2.24) is 0 Å². The number of carboxylic acid groups (broad SMARTS) is 1. The molecule has 0 aliphatic rings. The molecule has 76 valence electrons. The standard InChI is InChI=1S/C10H12O2S2/c1-8(10(11)12)14-13-7-9-5-3-2-4-6-9/h2-6,8H,7H2,1H3,(H,11,12). The highest BCUT2D eigenvalue weighted by Gasteiger charge is 2.10. The van der Waals surface area contributed by atoms with Crippen LogP contribution in [0.5, 0.6) is 0 Å². The summed E-state index contributed by atoms with van der Waals surface area (Å²) in [7, 11) is 2.98. The van der Waals surface area contributed by atoms with Gasteiger partial charge in [0.2, 0.25) is 0 Å². The fourth-order valence-electron chi connectivity index (χ4n) is 0.820. The lowest BCUT2D eigenvalue weighted by atomic mass is 10.2. The first-order valence-electron chi connectivity index (χ1n) is 4.25. The van der Waals surface area contributed by atoms with Crippen molar-refractivity contribution in [3.05, 3.63) is 35.9 Å². The minimum atomic E-state index is -0.754. The molecule has 14 heavy (non-hydrogen) atoms. The van der Waals surface area contributed by atoms with Crippen LogP contribution in [0.25, 0.3) is 0 Å². The molecule has 0 aromatic heterocycles. The lowest BCUT2D eigenvalue weighted by Gasteiger charge is -2.04. The SMILES string of the molecule is CC(SSCc1ccccc1)C(=O)O. The van der Waals surface area contributed by atoms with Crippen molar-refractivity contribution in [2.75, 3.05) is 0 Å². The minimum absolute atomic E-state index is 0.344. The van der Waals surface area contributed by atoms with Crippen LogP contribution in [-0.4, -0.2) is 16.3 Å². The van der Waals surface area contributed by atoms with Crippen molar-refractivity contribution < 1.29 is 9.90 Å². The number of aliphatic carboxylic acids is 1. The Morgan fingerprint density at radius 3 is 2.64 bits per heavy atom. The molecule has 1 aromatic carbocycles. The van der Waals surface area contributed by atoms with Gasteiger partial charge in [0.05, 0.1) is 0 Å². The molecule has 0 heterocycles. The van der Waals surface area contributed by atoms with Crippen LogP contribution in [0, 0.1) is 0 Å². The van der Waals surface area contributed by atoms with Crippen LogP contribution in [0.1, 0.15) is 12.5 Å². The topological polar surface area (TPSA) is 37.3 Å². The fourth-order valence-corrected chi connectivity index (χ4v) is 2.97. The summed E-state index contributed by atoms with van der Waals surface area (Å²) in [5.74, 6) is 0.0962. The van der Waals surface area contributed by atoms with E-state index in [9.17, 15) is 4.79 Å². The van der Waals surface area contributed by atoms with Gasteiger partial charge in [0.15, 0.2) is 0 Å². The van der Waals surface area contributed by atoms with Gasteiger partial charge in [0.25, 0.3) is 0 Å². The second-order valence-corrected chi connectivity index (χ2v) is 5.53. The molecular formula is C10H12O2S2. The molecule has 0 bridgehead atoms. The van der Waals surface area contributed by atoms with E-state index in [1.165, 1.54) is 16.4 Å². The molecule has 4 heteroatoms. The maximum absolute atomic E-state index is 10.5. The van der Waals surface area contributed by atoms with E-state index in [0.717, 1.165) is 5.75 Å². The van der Waals surface area contributed by atoms with Crippen molar-refractivity contribution in [3.63, 3.8) is 0 Å². The molecule has 0 amide bonds. The zero-order valence-electron chi connectivity index (χ0n) is 7.84. The van der Waals surface area contributed by atoms with Gasteiger partial charge in [0.1, 0.15) is 5.25 Å². The van der Waals surface area contributed by atoms with Gasteiger partial charge >= 0.3 is 5.97 Å². The Hall–Kier alpha value is -0.610. The number of hydrogen-bond donors (Lipinski definition) is 1. The molecule has 1 aromatic rings. The monoisotopic (exact) mass is 228 g/mol. The van der Waals surface area contributed by atoms with Gasteiger partial charge in [-0.1, -0.05) is 51.9 Å². The summed E-state index contributed by atoms with van der Waals surface area (Å²) in [6, 6.07) is 10.0. The van der Waals surface area contributed by atoms with Crippen LogP contribution in [0.2, 0.25) is 0 Å². The third kappa shape index (κ3) is 4.07. The van der Waals surface area contributed by atoms with Crippen LogP contribution in [-0.2, 0) is 10.5 Å². The summed E-state index contributed by atoms with van der Waals surface area (Å²) >= 11 is 0. The van der Waals surface area contributed by atoms with E-state index in [1.807, 2.05) is 30.3 Å². The molecule has 0 radical (unpaired) electrons. The van der Waals surface area contributed by atoms with Crippen molar-refractivity contribution in [1.29, 1.82) is 0 Å². The Bertz CT molecular complexity index is 287. The number of benzene rings is 1. The Morgan fingerprint density at radius 2 is 2.07 bits per heavy atom. The molecular weight excluding hydrogens is 216 g/mol. The Kier molecular flexibility index (Phi) is 4.90. The third-order valence-corrected chi connectivity index (χ3v) is 4.33. The lowest BCUT2D eigenvalue weighted by Crippen LogP contribution is -2.09. The maximum atomic E-state index is 10.5. The Balaban J connectivity index is 2.26. The molecule has 1 atom stereocenters. The zero-order chi connectivity index (χ0) is 10.4. The number of carboxylic acids is 1. The van der Waals surface area contributed by atoms with E-state index in [4.69, 9.17) is 5.11 Å². The van der Waals surface area contributed by atoms with Crippen LogP contribution in [0.15, 0.2) is 30.3 Å². The van der Waals surface area contributed by atoms with Gasteiger partial charge in [0, 0.05) is 5.75 Å². The molecule has 1 unspecified atom stereocenters. The van der Waals surface area contributed by atoms with Crippen LogP contribution < -0.4 is 0 Å². The average Bonchev–Trinajstić information content (AvgIpc) is 2.19. The number of rotatable bonds is 5. The molecule has 1 rings (SSSR count). The van der Waals surface area contributed by atoms with E-state index >= 15 is 0 Å². The molecule has 1 N–H and O–H groups in total. The summed E-state index contributed by atoms with van der Waals surface area (Å²) < 4.78 is 0. The summed E-state index contributed by atoms with van der Waals surface area (Å²) in [5, 5.41) is 8.30. The van der Waals surface area contributed by atoms with Crippen molar-refractivity contribution in [3.8, 4) is 0 Å². The molecule has 0 aliphatic carbocycles. The quantitative estimate of drug-likeness (QED) is 0.786. The fraction of sp³-hybridized carbons (Fsp3) is 0.300.